The van der Waals surface area contributed by atoms with E-state index in [9.17, 15) is 0 Å². The van der Waals surface area contributed by atoms with Gasteiger partial charge in [-0.15, -0.1) is 11.8 Å². The summed E-state index contributed by atoms with van der Waals surface area (Å²) in [4.78, 5) is 1.03. The van der Waals surface area contributed by atoms with Gasteiger partial charge in [-0.05, 0) is 30.0 Å². The third-order valence-electron chi connectivity index (χ3n) is 2.14. The summed E-state index contributed by atoms with van der Waals surface area (Å²) in [6.45, 7) is 2.10. The van der Waals surface area contributed by atoms with E-state index < -0.39 is 0 Å². The van der Waals surface area contributed by atoms with Crippen molar-refractivity contribution in [3.05, 3.63) is 34.9 Å². The third-order valence-corrected chi connectivity index (χ3v) is 3.59. The molecular formula is C11H12BrN3S. The Labute approximate surface area is 107 Å². The van der Waals surface area contributed by atoms with Crippen LogP contribution in [0, 0.1) is 0 Å². The molecule has 0 atom stereocenters. The molecule has 0 aliphatic heterocycles. The Morgan fingerprint density at radius 3 is 2.69 bits per heavy atom. The summed E-state index contributed by atoms with van der Waals surface area (Å²) in [5.74, 6) is 1.70. The van der Waals surface area contributed by atoms with Gasteiger partial charge in [0.2, 0.25) is 0 Å². The number of halogens is 1. The molecule has 0 unspecified atom stereocenters. The van der Waals surface area contributed by atoms with Crippen LogP contribution >= 0.6 is 27.7 Å². The first-order chi connectivity index (χ1) is 7.72. The average molecular weight is 298 g/mol. The zero-order chi connectivity index (χ0) is 11.5. The van der Waals surface area contributed by atoms with Gasteiger partial charge in [0.1, 0.15) is 5.82 Å². The number of thioether (sulfide) groups is 1. The average Bonchev–Trinajstić information content (AvgIpc) is 2.63. The summed E-state index contributed by atoms with van der Waals surface area (Å²) in [7, 11) is 0. The van der Waals surface area contributed by atoms with Gasteiger partial charge in [-0.3, -0.25) is 0 Å². The number of nitrogen functional groups attached to an aromatic ring is 1. The van der Waals surface area contributed by atoms with Crippen molar-refractivity contribution in [1.29, 1.82) is 0 Å². The van der Waals surface area contributed by atoms with Crippen molar-refractivity contribution in [2.75, 3.05) is 11.5 Å². The van der Waals surface area contributed by atoms with E-state index >= 15 is 0 Å². The topological polar surface area (TPSA) is 43.8 Å². The maximum Gasteiger partial charge on any atom is 0.140 e. The van der Waals surface area contributed by atoms with E-state index in [4.69, 9.17) is 5.73 Å². The van der Waals surface area contributed by atoms with Crippen LogP contribution in [0.4, 0.5) is 5.82 Å². The summed E-state index contributed by atoms with van der Waals surface area (Å²) in [5.41, 5.74) is 7.00. The lowest BCUT2D eigenvalue weighted by atomic mass is 10.3. The second-order valence-electron chi connectivity index (χ2n) is 3.22. The van der Waals surface area contributed by atoms with Crippen LogP contribution in [-0.4, -0.2) is 15.5 Å². The van der Waals surface area contributed by atoms with Gasteiger partial charge in [-0.1, -0.05) is 22.9 Å². The van der Waals surface area contributed by atoms with Crippen LogP contribution in [0.3, 0.4) is 0 Å². The summed E-state index contributed by atoms with van der Waals surface area (Å²) in [6.07, 6.45) is 1.81. The fraction of sp³-hybridized carbons (Fsp3) is 0.182. The molecular weight excluding hydrogens is 286 g/mol. The lowest BCUT2D eigenvalue weighted by Gasteiger charge is -2.04. The van der Waals surface area contributed by atoms with Gasteiger partial charge in [0.25, 0.3) is 0 Å². The molecule has 0 aliphatic carbocycles. The van der Waals surface area contributed by atoms with Crippen LogP contribution in [0.15, 0.2) is 39.8 Å². The highest BCUT2D eigenvalue weighted by molar-refractivity contribution is 9.10. The monoisotopic (exact) mass is 297 g/mol. The number of nitrogens with two attached hydrogens (primary N) is 1. The summed E-state index contributed by atoms with van der Waals surface area (Å²) < 4.78 is 2.80. The molecule has 5 heteroatoms. The summed E-state index contributed by atoms with van der Waals surface area (Å²) >= 11 is 5.10. The molecule has 1 heterocycles. The Bertz CT molecular complexity index is 478. The first-order valence-corrected chi connectivity index (χ1v) is 6.72. The molecule has 0 saturated heterocycles. The number of hydrogen-bond acceptors (Lipinski definition) is 3. The Hall–Kier alpha value is -0.940. The molecule has 0 spiro atoms. The van der Waals surface area contributed by atoms with E-state index in [-0.39, 0.29) is 0 Å². The first kappa shape index (κ1) is 11.5. The minimum absolute atomic E-state index is 0.703. The van der Waals surface area contributed by atoms with Crippen molar-refractivity contribution in [3.63, 3.8) is 0 Å². The largest absolute Gasteiger partial charge is 0.383 e. The Kier molecular flexibility index (Phi) is 3.56. The molecule has 2 N–H and O–H groups in total. The molecule has 16 heavy (non-hydrogen) atoms. The third kappa shape index (κ3) is 2.25. The zero-order valence-corrected chi connectivity index (χ0v) is 11.3. The number of rotatable bonds is 3. The fourth-order valence-electron chi connectivity index (χ4n) is 1.40. The fourth-order valence-corrected chi connectivity index (χ4v) is 2.33. The van der Waals surface area contributed by atoms with Crippen molar-refractivity contribution in [2.45, 2.75) is 11.8 Å². The second kappa shape index (κ2) is 4.93. The highest BCUT2D eigenvalue weighted by atomic mass is 79.9. The predicted molar refractivity (Wildman–Crippen MR) is 72.1 cm³/mol. The van der Waals surface area contributed by atoms with E-state index in [0.29, 0.717) is 5.82 Å². The van der Waals surface area contributed by atoms with Crippen LogP contribution in [0.2, 0.25) is 0 Å². The maximum absolute atomic E-state index is 6.03. The van der Waals surface area contributed by atoms with Gasteiger partial charge in [0.05, 0.1) is 16.8 Å². The van der Waals surface area contributed by atoms with Crippen LogP contribution in [-0.2, 0) is 0 Å². The number of benzene rings is 1. The van der Waals surface area contributed by atoms with Crippen molar-refractivity contribution in [2.24, 2.45) is 0 Å². The van der Waals surface area contributed by atoms with Crippen molar-refractivity contribution in [3.8, 4) is 5.69 Å². The number of aromatic nitrogens is 2. The molecule has 1 aromatic carbocycles. The van der Waals surface area contributed by atoms with Crippen LogP contribution in [0.1, 0.15) is 6.92 Å². The van der Waals surface area contributed by atoms with Crippen LogP contribution < -0.4 is 5.73 Å². The van der Waals surface area contributed by atoms with E-state index in [1.165, 1.54) is 0 Å². The Morgan fingerprint density at radius 1 is 1.38 bits per heavy atom. The van der Waals surface area contributed by atoms with Gasteiger partial charge in [0.15, 0.2) is 0 Å². The molecule has 2 rings (SSSR count). The molecule has 0 amide bonds. The van der Waals surface area contributed by atoms with E-state index in [2.05, 4.69) is 28.0 Å². The molecule has 2 aromatic rings. The Morgan fingerprint density at radius 2 is 2.06 bits per heavy atom. The van der Waals surface area contributed by atoms with Gasteiger partial charge < -0.3 is 5.73 Å². The lowest BCUT2D eigenvalue weighted by Crippen LogP contribution is -2.01. The standard InChI is InChI=1S/C11H12BrN3S/c1-2-16-10-7-14-15(11(10)13)9-5-3-8(12)4-6-9/h3-7H,2,13H2,1H3. The molecule has 0 radical (unpaired) electrons. The maximum atomic E-state index is 6.03. The van der Waals surface area contributed by atoms with Gasteiger partial charge in [-0.2, -0.15) is 5.10 Å². The molecule has 3 nitrogen and oxygen atoms in total. The minimum Gasteiger partial charge on any atom is -0.383 e. The molecule has 0 bridgehead atoms. The van der Waals surface area contributed by atoms with Gasteiger partial charge in [0, 0.05) is 4.47 Å². The van der Waals surface area contributed by atoms with E-state index in [0.717, 1.165) is 20.8 Å². The van der Waals surface area contributed by atoms with Gasteiger partial charge >= 0.3 is 0 Å². The molecule has 1 aromatic heterocycles. The van der Waals surface area contributed by atoms with Crippen LogP contribution in [0.25, 0.3) is 5.69 Å². The number of nitrogens with zero attached hydrogens (tertiary/aromatic N) is 2. The van der Waals surface area contributed by atoms with Crippen LogP contribution in [0.5, 0.6) is 0 Å². The molecule has 0 fully saturated rings. The second-order valence-corrected chi connectivity index (χ2v) is 5.44. The van der Waals surface area contributed by atoms with Crippen molar-refractivity contribution < 1.29 is 0 Å². The zero-order valence-electron chi connectivity index (χ0n) is 8.85. The minimum atomic E-state index is 0.703. The molecule has 84 valence electrons. The summed E-state index contributed by atoms with van der Waals surface area (Å²) in [6, 6.07) is 7.91. The molecule has 0 saturated carbocycles. The van der Waals surface area contributed by atoms with Crippen molar-refractivity contribution in [1.82, 2.24) is 9.78 Å². The van der Waals surface area contributed by atoms with E-state index in [1.54, 1.807) is 16.4 Å². The van der Waals surface area contributed by atoms with E-state index in [1.807, 2.05) is 30.5 Å². The summed E-state index contributed by atoms with van der Waals surface area (Å²) in [5, 5.41) is 4.29. The first-order valence-electron chi connectivity index (χ1n) is 4.94. The highest BCUT2D eigenvalue weighted by Gasteiger charge is 2.08. The number of hydrogen-bond donors (Lipinski definition) is 1. The highest BCUT2D eigenvalue weighted by Crippen LogP contribution is 2.26. The predicted octanol–water partition coefficient (Wildman–Crippen LogP) is 3.33. The number of anilines is 1. The van der Waals surface area contributed by atoms with Crippen molar-refractivity contribution >= 4 is 33.5 Å². The normalized spacial score (nSPS) is 10.6. The quantitative estimate of drug-likeness (QED) is 0.884. The lowest BCUT2D eigenvalue weighted by molar-refractivity contribution is 0.891. The Balaban J connectivity index is 2.37. The SMILES string of the molecule is CCSc1cnn(-c2ccc(Br)cc2)c1N. The smallest absolute Gasteiger partial charge is 0.140 e. The molecule has 0 aliphatic rings. The van der Waals surface area contributed by atoms with Gasteiger partial charge in [-0.25, -0.2) is 4.68 Å².